The summed E-state index contributed by atoms with van der Waals surface area (Å²) in [5.41, 5.74) is 8.24. The molecule has 1 aliphatic heterocycles. The zero-order valence-electron chi connectivity index (χ0n) is 10.7. The topological polar surface area (TPSA) is 41.3 Å². The third-order valence-corrected chi connectivity index (χ3v) is 3.53. The van der Waals surface area contributed by atoms with Crippen LogP contribution in [0.5, 0.6) is 0 Å². The second-order valence-corrected chi connectivity index (χ2v) is 4.90. The van der Waals surface area contributed by atoms with Crippen molar-refractivity contribution in [3.05, 3.63) is 35.4 Å². The Kier molecular flexibility index (Phi) is 4.54. The van der Waals surface area contributed by atoms with E-state index in [0.29, 0.717) is 12.5 Å². The standard InChI is InChI=1S/C14H23N3/c1-12(11-17-8-6-16-7-9-17)14-4-2-13(10-15)3-5-14/h2-5,12,16H,6-11,15H2,1H3. The van der Waals surface area contributed by atoms with E-state index in [2.05, 4.69) is 41.4 Å². The van der Waals surface area contributed by atoms with Crippen LogP contribution in [0.2, 0.25) is 0 Å². The summed E-state index contributed by atoms with van der Waals surface area (Å²) in [5, 5.41) is 3.39. The molecule has 1 aliphatic rings. The van der Waals surface area contributed by atoms with Crippen molar-refractivity contribution in [3.63, 3.8) is 0 Å². The Bertz CT molecular complexity index is 328. The second-order valence-electron chi connectivity index (χ2n) is 4.90. The summed E-state index contributed by atoms with van der Waals surface area (Å²) in [6.45, 7) is 8.68. The van der Waals surface area contributed by atoms with Gasteiger partial charge < -0.3 is 16.0 Å². The molecule has 17 heavy (non-hydrogen) atoms. The minimum absolute atomic E-state index is 0.597. The molecule has 1 atom stereocenters. The molecule has 1 aromatic carbocycles. The molecule has 0 radical (unpaired) electrons. The third kappa shape index (κ3) is 3.53. The molecule has 1 unspecified atom stereocenters. The molecule has 94 valence electrons. The Hall–Kier alpha value is -0.900. The van der Waals surface area contributed by atoms with Crippen molar-refractivity contribution in [1.82, 2.24) is 10.2 Å². The van der Waals surface area contributed by atoms with Crippen molar-refractivity contribution in [2.75, 3.05) is 32.7 Å². The van der Waals surface area contributed by atoms with Gasteiger partial charge in [-0.2, -0.15) is 0 Å². The summed E-state index contributed by atoms with van der Waals surface area (Å²) >= 11 is 0. The molecular weight excluding hydrogens is 210 g/mol. The van der Waals surface area contributed by atoms with Crippen molar-refractivity contribution in [2.45, 2.75) is 19.4 Å². The molecule has 3 nitrogen and oxygen atoms in total. The molecular formula is C14H23N3. The minimum atomic E-state index is 0.597. The lowest BCUT2D eigenvalue weighted by molar-refractivity contribution is 0.230. The Morgan fingerprint density at radius 3 is 2.47 bits per heavy atom. The zero-order valence-corrected chi connectivity index (χ0v) is 10.7. The van der Waals surface area contributed by atoms with E-state index >= 15 is 0 Å². The number of piperazine rings is 1. The van der Waals surface area contributed by atoms with E-state index in [-0.39, 0.29) is 0 Å². The average Bonchev–Trinajstić information content (AvgIpc) is 2.40. The van der Waals surface area contributed by atoms with Crippen LogP contribution in [-0.4, -0.2) is 37.6 Å². The maximum absolute atomic E-state index is 5.61. The fraction of sp³-hybridized carbons (Fsp3) is 0.571. The van der Waals surface area contributed by atoms with Gasteiger partial charge in [-0.15, -0.1) is 0 Å². The number of hydrogen-bond acceptors (Lipinski definition) is 3. The van der Waals surface area contributed by atoms with Crippen LogP contribution >= 0.6 is 0 Å². The molecule has 0 bridgehead atoms. The van der Waals surface area contributed by atoms with Crippen molar-refractivity contribution < 1.29 is 0 Å². The predicted octanol–water partition coefficient (Wildman–Crippen LogP) is 1.15. The molecule has 1 saturated heterocycles. The highest BCUT2D eigenvalue weighted by atomic mass is 15.2. The van der Waals surface area contributed by atoms with Gasteiger partial charge >= 0.3 is 0 Å². The highest BCUT2D eigenvalue weighted by Crippen LogP contribution is 2.17. The van der Waals surface area contributed by atoms with Gasteiger partial charge in [-0.3, -0.25) is 0 Å². The highest BCUT2D eigenvalue weighted by molar-refractivity contribution is 5.25. The molecule has 0 aliphatic carbocycles. The van der Waals surface area contributed by atoms with Crippen LogP contribution < -0.4 is 11.1 Å². The number of benzene rings is 1. The summed E-state index contributed by atoms with van der Waals surface area (Å²) in [5.74, 6) is 0.597. The van der Waals surface area contributed by atoms with E-state index < -0.39 is 0 Å². The molecule has 2 rings (SSSR count). The Balaban J connectivity index is 1.91. The normalized spacial score (nSPS) is 19.2. The lowest BCUT2D eigenvalue weighted by Crippen LogP contribution is -2.44. The first kappa shape index (κ1) is 12.6. The highest BCUT2D eigenvalue weighted by Gasteiger charge is 2.14. The molecule has 3 heteroatoms. The van der Waals surface area contributed by atoms with Gasteiger partial charge in [-0.05, 0) is 17.0 Å². The number of rotatable bonds is 4. The van der Waals surface area contributed by atoms with Crippen molar-refractivity contribution in [3.8, 4) is 0 Å². The van der Waals surface area contributed by atoms with Crippen molar-refractivity contribution in [1.29, 1.82) is 0 Å². The summed E-state index contributed by atoms with van der Waals surface area (Å²) in [4.78, 5) is 2.54. The monoisotopic (exact) mass is 233 g/mol. The number of nitrogens with zero attached hydrogens (tertiary/aromatic N) is 1. The molecule has 0 amide bonds. The van der Waals surface area contributed by atoms with Crippen LogP contribution in [0.3, 0.4) is 0 Å². The van der Waals surface area contributed by atoms with Crippen LogP contribution in [-0.2, 0) is 6.54 Å². The molecule has 3 N–H and O–H groups in total. The Morgan fingerprint density at radius 2 is 1.88 bits per heavy atom. The van der Waals surface area contributed by atoms with E-state index in [1.165, 1.54) is 24.2 Å². The fourth-order valence-corrected chi connectivity index (χ4v) is 2.37. The maximum atomic E-state index is 5.61. The van der Waals surface area contributed by atoms with Gasteiger partial charge in [-0.25, -0.2) is 0 Å². The van der Waals surface area contributed by atoms with Gasteiger partial charge in [0.1, 0.15) is 0 Å². The lowest BCUT2D eigenvalue weighted by Gasteiger charge is -2.29. The first-order chi connectivity index (χ1) is 8.29. The molecule has 1 heterocycles. The van der Waals surface area contributed by atoms with E-state index in [1.807, 2.05) is 0 Å². The second kappa shape index (κ2) is 6.15. The lowest BCUT2D eigenvalue weighted by atomic mass is 9.99. The van der Waals surface area contributed by atoms with Crippen LogP contribution in [0.1, 0.15) is 24.0 Å². The van der Waals surface area contributed by atoms with Gasteiger partial charge in [0.2, 0.25) is 0 Å². The average molecular weight is 233 g/mol. The summed E-state index contributed by atoms with van der Waals surface area (Å²) in [6, 6.07) is 8.72. The van der Waals surface area contributed by atoms with Gasteiger partial charge in [0.05, 0.1) is 0 Å². The maximum Gasteiger partial charge on any atom is 0.0178 e. The molecule has 1 aromatic rings. The van der Waals surface area contributed by atoms with E-state index in [1.54, 1.807) is 0 Å². The van der Waals surface area contributed by atoms with Crippen molar-refractivity contribution in [2.24, 2.45) is 5.73 Å². The van der Waals surface area contributed by atoms with Crippen molar-refractivity contribution >= 4 is 0 Å². The molecule has 1 fully saturated rings. The summed E-state index contributed by atoms with van der Waals surface area (Å²) in [6.07, 6.45) is 0. The van der Waals surface area contributed by atoms with E-state index in [0.717, 1.165) is 19.6 Å². The molecule has 0 aromatic heterocycles. The first-order valence-corrected chi connectivity index (χ1v) is 6.51. The summed E-state index contributed by atoms with van der Waals surface area (Å²) in [7, 11) is 0. The molecule has 0 saturated carbocycles. The predicted molar refractivity (Wildman–Crippen MR) is 72.1 cm³/mol. The summed E-state index contributed by atoms with van der Waals surface area (Å²) < 4.78 is 0. The van der Waals surface area contributed by atoms with Crippen LogP contribution in [0.25, 0.3) is 0 Å². The minimum Gasteiger partial charge on any atom is -0.326 e. The largest absolute Gasteiger partial charge is 0.326 e. The first-order valence-electron chi connectivity index (χ1n) is 6.51. The third-order valence-electron chi connectivity index (χ3n) is 3.53. The van der Waals surface area contributed by atoms with Gasteiger partial charge in [0, 0.05) is 39.3 Å². The van der Waals surface area contributed by atoms with Crippen LogP contribution in [0, 0.1) is 0 Å². The zero-order chi connectivity index (χ0) is 12.1. The molecule has 0 spiro atoms. The Morgan fingerprint density at radius 1 is 1.24 bits per heavy atom. The van der Waals surface area contributed by atoms with Gasteiger partial charge in [-0.1, -0.05) is 31.2 Å². The van der Waals surface area contributed by atoms with Crippen LogP contribution in [0.4, 0.5) is 0 Å². The van der Waals surface area contributed by atoms with Crippen LogP contribution in [0.15, 0.2) is 24.3 Å². The van der Waals surface area contributed by atoms with E-state index in [4.69, 9.17) is 5.73 Å². The quantitative estimate of drug-likeness (QED) is 0.820. The fourth-order valence-electron chi connectivity index (χ4n) is 2.37. The smallest absolute Gasteiger partial charge is 0.0178 e. The van der Waals surface area contributed by atoms with Gasteiger partial charge in [0.25, 0.3) is 0 Å². The SMILES string of the molecule is CC(CN1CCNCC1)c1ccc(CN)cc1. The van der Waals surface area contributed by atoms with Gasteiger partial charge in [0.15, 0.2) is 0 Å². The number of nitrogens with one attached hydrogen (secondary N) is 1. The Labute approximate surface area is 104 Å². The number of hydrogen-bond donors (Lipinski definition) is 2. The van der Waals surface area contributed by atoms with E-state index in [9.17, 15) is 0 Å². The number of nitrogens with two attached hydrogens (primary N) is 1.